The molecule has 8 nitrogen and oxygen atoms in total. The van der Waals surface area contributed by atoms with Crippen LogP contribution in [0, 0.1) is 19.8 Å². The summed E-state index contributed by atoms with van der Waals surface area (Å²) in [6.07, 6.45) is 5.08. The number of hydrogen-bond donors (Lipinski definition) is 2. The molecule has 8 heteroatoms. The number of amides is 2. The molecule has 2 amide bonds. The Kier molecular flexibility index (Phi) is 3.63. The molecule has 27 heavy (non-hydrogen) atoms. The summed E-state index contributed by atoms with van der Waals surface area (Å²) in [5.41, 5.74) is 4.44. The number of carbonyl (C=O) groups excluding carboxylic acids is 2. The number of likely N-dealkylation sites (tertiary alicyclic amines) is 2. The van der Waals surface area contributed by atoms with E-state index in [-0.39, 0.29) is 29.8 Å². The maximum atomic E-state index is 13.1. The van der Waals surface area contributed by atoms with Gasteiger partial charge >= 0.3 is 0 Å². The van der Waals surface area contributed by atoms with E-state index in [1.165, 1.54) is 0 Å². The molecule has 0 spiro atoms. The Morgan fingerprint density at radius 1 is 1.19 bits per heavy atom. The Bertz CT molecular complexity index is 896. The van der Waals surface area contributed by atoms with Crippen molar-refractivity contribution in [2.24, 2.45) is 5.92 Å². The minimum atomic E-state index is 0.0276. The van der Waals surface area contributed by atoms with Crippen molar-refractivity contribution in [3.63, 3.8) is 0 Å². The Morgan fingerprint density at radius 2 is 1.96 bits per heavy atom. The summed E-state index contributed by atoms with van der Waals surface area (Å²) >= 11 is 0. The fraction of sp³-hybridized carbons (Fsp3) is 0.579. The van der Waals surface area contributed by atoms with Crippen LogP contribution in [0.2, 0.25) is 0 Å². The monoisotopic (exact) mass is 368 g/mol. The molecule has 142 valence electrons. The molecule has 3 aliphatic rings. The molecule has 1 aliphatic carbocycles. The van der Waals surface area contributed by atoms with Crippen LogP contribution in [0.4, 0.5) is 0 Å². The lowest BCUT2D eigenvalue weighted by molar-refractivity contribution is -0.138. The molecule has 5 rings (SSSR count). The highest BCUT2D eigenvalue weighted by Gasteiger charge is 2.48. The van der Waals surface area contributed by atoms with Gasteiger partial charge in [0.05, 0.1) is 35.4 Å². The molecule has 0 aromatic carbocycles. The van der Waals surface area contributed by atoms with Gasteiger partial charge in [-0.3, -0.25) is 14.7 Å². The molecule has 2 aliphatic heterocycles. The first-order valence-electron chi connectivity index (χ1n) is 9.67. The second-order valence-corrected chi connectivity index (χ2v) is 8.07. The van der Waals surface area contributed by atoms with Gasteiger partial charge in [-0.2, -0.15) is 5.10 Å². The fourth-order valence-corrected chi connectivity index (χ4v) is 5.04. The smallest absolute Gasteiger partial charge is 0.257 e. The van der Waals surface area contributed by atoms with E-state index in [0.717, 1.165) is 48.5 Å². The van der Waals surface area contributed by atoms with E-state index in [0.29, 0.717) is 18.7 Å². The predicted molar refractivity (Wildman–Crippen MR) is 97.1 cm³/mol. The second-order valence-electron chi connectivity index (χ2n) is 8.07. The molecule has 1 unspecified atom stereocenters. The molecule has 2 N–H and O–H groups in total. The highest BCUT2D eigenvalue weighted by Crippen LogP contribution is 2.35. The molecular formula is C19H24N6O2. The van der Waals surface area contributed by atoms with Gasteiger partial charge in [-0.05, 0) is 33.1 Å². The first kappa shape index (κ1) is 16.5. The lowest BCUT2D eigenvalue weighted by Crippen LogP contribution is -2.52. The number of nitrogens with zero attached hydrogens (tertiary/aromatic N) is 4. The van der Waals surface area contributed by atoms with Crippen LogP contribution in [0.3, 0.4) is 0 Å². The van der Waals surface area contributed by atoms with E-state index in [1.807, 2.05) is 23.6 Å². The number of nitrogens with one attached hydrogen (secondary N) is 2. The molecule has 0 saturated carbocycles. The molecule has 2 bridgehead atoms. The number of fused-ring (bicyclic) bond motifs is 3. The zero-order valence-electron chi connectivity index (χ0n) is 15.7. The molecule has 2 saturated heterocycles. The number of carbonyl (C=O) groups is 2. The van der Waals surface area contributed by atoms with Gasteiger partial charge in [0.15, 0.2) is 0 Å². The minimum Gasteiger partial charge on any atom is -0.348 e. The third-order valence-corrected chi connectivity index (χ3v) is 6.46. The van der Waals surface area contributed by atoms with E-state index < -0.39 is 0 Å². The Labute approximate surface area is 157 Å². The largest absolute Gasteiger partial charge is 0.348 e. The average molecular weight is 368 g/mol. The number of imidazole rings is 1. The topological polar surface area (TPSA) is 98.0 Å². The van der Waals surface area contributed by atoms with Crippen molar-refractivity contribution < 1.29 is 9.59 Å². The van der Waals surface area contributed by atoms with Crippen LogP contribution in [0.5, 0.6) is 0 Å². The minimum absolute atomic E-state index is 0.0276. The highest BCUT2D eigenvalue weighted by atomic mass is 16.2. The molecule has 2 fully saturated rings. The van der Waals surface area contributed by atoms with Crippen LogP contribution in [-0.4, -0.2) is 67.0 Å². The van der Waals surface area contributed by atoms with Gasteiger partial charge in [0, 0.05) is 36.8 Å². The highest BCUT2D eigenvalue weighted by molar-refractivity contribution is 5.97. The van der Waals surface area contributed by atoms with Crippen LogP contribution in [0.25, 0.3) is 0 Å². The van der Waals surface area contributed by atoms with E-state index >= 15 is 0 Å². The summed E-state index contributed by atoms with van der Waals surface area (Å²) in [5, 5.41) is 7.04. The van der Waals surface area contributed by atoms with Gasteiger partial charge in [0.1, 0.15) is 0 Å². The quantitative estimate of drug-likeness (QED) is 0.826. The van der Waals surface area contributed by atoms with Crippen molar-refractivity contribution in [1.29, 1.82) is 0 Å². The molecule has 2 aromatic rings. The van der Waals surface area contributed by atoms with Gasteiger partial charge in [0.2, 0.25) is 5.91 Å². The van der Waals surface area contributed by atoms with Gasteiger partial charge in [0.25, 0.3) is 5.91 Å². The summed E-state index contributed by atoms with van der Waals surface area (Å²) < 4.78 is 0. The summed E-state index contributed by atoms with van der Waals surface area (Å²) in [5.74, 6) is 0.309. The van der Waals surface area contributed by atoms with Crippen molar-refractivity contribution in [2.75, 3.05) is 13.1 Å². The number of aromatic nitrogens is 4. The second kappa shape index (κ2) is 5.94. The third-order valence-electron chi connectivity index (χ3n) is 6.46. The lowest BCUT2D eigenvalue weighted by atomic mass is 9.88. The van der Waals surface area contributed by atoms with E-state index in [9.17, 15) is 9.59 Å². The maximum absolute atomic E-state index is 13.1. The summed E-state index contributed by atoms with van der Waals surface area (Å²) in [4.78, 5) is 37.5. The molecule has 4 heterocycles. The van der Waals surface area contributed by atoms with Crippen molar-refractivity contribution in [3.05, 3.63) is 34.7 Å². The Hall–Kier alpha value is -2.64. The average Bonchev–Trinajstić information content (AvgIpc) is 3.43. The number of hydrogen-bond acceptors (Lipinski definition) is 4. The maximum Gasteiger partial charge on any atom is 0.257 e. The van der Waals surface area contributed by atoms with E-state index in [1.54, 1.807) is 6.33 Å². The molecule has 0 radical (unpaired) electrons. The van der Waals surface area contributed by atoms with Crippen LogP contribution in [-0.2, 0) is 17.6 Å². The fourth-order valence-electron chi connectivity index (χ4n) is 5.04. The summed E-state index contributed by atoms with van der Waals surface area (Å²) in [7, 11) is 0. The van der Waals surface area contributed by atoms with Crippen molar-refractivity contribution in [2.45, 2.75) is 51.6 Å². The van der Waals surface area contributed by atoms with Gasteiger partial charge < -0.3 is 14.8 Å². The first-order valence-corrected chi connectivity index (χ1v) is 9.67. The van der Waals surface area contributed by atoms with Crippen LogP contribution in [0.15, 0.2) is 6.33 Å². The third kappa shape index (κ3) is 2.49. The number of piperazine rings is 1. The standard InChI is InChI=1S/C19H24N6O2/c1-10-17(11(2)23-22-10)19(27)25-8-13-6-14(25)7-24(13)18(26)12-3-4-15-16(5-12)21-9-20-15/h9,12-14H,3-8H2,1-2H3,(H,20,21)(H,22,23)/t12?,13-,14+/m1/s1. The normalized spacial score (nSPS) is 26.5. The Balaban J connectivity index is 1.28. The van der Waals surface area contributed by atoms with Crippen molar-refractivity contribution >= 4 is 11.8 Å². The number of H-pyrrole nitrogens is 2. The SMILES string of the molecule is Cc1n[nH]c(C)c1C(=O)N1C[C@H]2C[C@H]1CN2C(=O)C1CCc2nc[nH]c2C1. The first-order chi connectivity index (χ1) is 13.0. The lowest BCUT2D eigenvalue weighted by Gasteiger charge is -2.36. The molecule has 3 atom stereocenters. The summed E-state index contributed by atoms with van der Waals surface area (Å²) in [6, 6.07) is 0.258. The van der Waals surface area contributed by atoms with E-state index in [4.69, 9.17) is 0 Å². The zero-order valence-corrected chi connectivity index (χ0v) is 15.7. The zero-order chi connectivity index (χ0) is 18.7. The summed E-state index contributed by atoms with van der Waals surface area (Å²) in [6.45, 7) is 5.01. The van der Waals surface area contributed by atoms with Crippen LogP contribution in [0.1, 0.15) is 46.0 Å². The number of aromatic amines is 2. The molecule has 2 aromatic heterocycles. The van der Waals surface area contributed by atoms with Gasteiger partial charge in [-0.15, -0.1) is 0 Å². The predicted octanol–water partition coefficient (Wildman–Crippen LogP) is 0.980. The van der Waals surface area contributed by atoms with Gasteiger partial charge in [-0.25, -0.2) is 4.98 Å². The van der Waals surface area contributed by atoms with Crippen molar-refractivity contribution in [1.82, 2.24) is 30.0 Å². The van der Waals surface area contributed by atoms with E-state index in [2.05, 4.69) is 20.2 Å². The van der Waals surface area contributed by atoms with Crippen LogP contribution >= 0.6 is 0 Å². The van der Waals surface area contributed by atoms with Crippen LogP contribution < -0.4 is 0 Å². The number of aryl methyl sites for hydroxylation is 3. The van der Waals surface area contributed by atoms with Crippen molar-refractivity contribution in [3.8, 4) is 0 Å². The molecular weight excluding hydrogens is 344 g/mol. The van der Waals surface area contributed by atoms with Gasteiger partial charge in [-0.1, -0.05) is 0 Å². The number of rotatable bonds is 2. The Morgan fingerprint density at radius 3 is 2.67 bits per heavy atom.